The third kappa shape index (κ3) is 5.92. The molecule has 2 aliphatic rings. The van der Waals surface area contributed by atoms with E-state index in [9.17, 15) is 22.8 Å². The molecule has 3 rings (SSSR count). The van der Waals surface area contributed by atoms with E-state index in [1.165, 1.54) is 11.3 Å². The summed E-state index contributed by atoms with van der Waals surface area (Å²) in [5.41, 5.74) is 0.305. The molecule has 2 fully saturated rings. The second-order valence-electron chi connectivity index (χ2n) is 6.41. The van der Waals surface area contributed by atoms with Crippen molar-refractivity contribution in [1.29, 1.82) is 0 Å². The number of cyclic esters (lactones) is 1. The van der Waals surface area contributed by atoms with E-state index in [1.54, 1.807) is 11.4 Å². The molecular formula is C16H18BrF3N2O5S. The van der Waals surface area contributed by atoms with Gasteiger partial charge in [-0.05, 0) is 47.9 Å². The Morgan fingerprint density at radius 3 is 2.50 bits per heavy atom. The molecule has 0 saturated carbocycles. The number of rotatable bonds is 3. The monoisotopic (exact) mass is 486 g/mol. The third-order valence-electron chi connectivity index (χ3n) is 4.45. The van der Waals surface area contributed by atoms with Crippen molar-refractivity contribution in [3.8, 4) is 0 Å². The molecule has 2 saturated heterocycles. The van der Waals surface area contributed by atoms with Crippen LogP contribution in [0.25, 0.3) is 0 Å². The SMILES string of the molecule is O=C(NCC1CC2(CCNCC2)C(=O)O1)c1csc(Br)c1.O=C(O)C(F)(F)F. The van der Waals surface area contributed by atoms with E-state index in [-0.39, 0.29) is 23.4 Å². The van der Waals surface area contributed by atoms with E-state index >= 15 is 0 Å². The standard InChI is InChI=1S/C14H17BrN2O3S.C2HF3O2/c15-11-5-9(8-21-11)12(18)17-7-10-6-14(13(19)20-10)1-3-16-4-2-14;3-2(4,5)1(6)7/h5,8,10,16H,1-4,6-7H2,(H,17,18);(H,6,7). The van der Waals surface area contributed by atoms with Crippen LogP contribution in [0.2, 0.25) is 0 Å². The summed E-state index contributed by atoms with van der Waals surface area (Å²) in [6.45, 7) is 2.10. The molecule has 12 heteroatoms. The lowest BCUT2D eigenvalue weighted by molar-refractivity contribution is -0.192. The van der Waals surface area contributed by atoms with Gasteiger partial charge < -0.3 is 20.5 Å². The first kappa shape index (κ1) is 22.6. The molecule has 28 heavy (non-hydrogen) atoms. The number of carbonyl (C=O) groups is 3. The van der Waals surface area contributed by atoms with Crippen molar-refractivity contribution in [1.82, 2.24) is 10.6 Å². The third-order valence-corrected chi connectivity index (χ3v) is 5.95. The van der Waals surface area contributed by atoms with Crippen molar-refractivity contribution >= 4 is 45.1 Å². The molecule has 0 radical (unpaired) electrons. The van der Waals surface area contributed by atoms with Gasteiger partial charge >= 0.3 is 18.1 Å². The minimum atomic E-state index is -5.08. The summed E-state index contributed by atoms with van der Waals surface area (Å²) in [6.07, 6.45) is -2.93. The van der Waals surface area contributed by atoms with Gasteiger partial charge in [0.25, 0.3) is 5.91 Å². The fourth-order valence-electron chi connectivity index (χ4n) is 3.00. The molecule has 1 aromatic rings. The Labute approximate surface area is 170 Å². The van der Waals surface area contributed by atoms with Crippen molar-refractivity contribution in [2.45, 2.75) is 31.5 Å². The number of ether oxygens (including phenoxy) is 1. The van der Waals surface area contributed by atoms with Crippen LogP contribution in [0.4, 0.5) is 13.2 Å². The number of piperidine rings is 1. The minimum Gasteiger partial charge on any atom is -0.475 e. The number of aliphatic carboxylic acids is 1. The number of hydrogen-bond donors (Lipinski definition) is 3. The molecule has 3 N–H and O–H groups in total. The van der Waals surface area contributed by atoms with Crippen LogP contribution in [-0.2, 0) is 14.3 Å². The van der Waals surface area contributed by atoms with Gasteiger partial charge in [-0.2, -0.15) is 13.2 Å². The Kier molecular flexibility index (Phi) is 7.46. The topological polar surface area (TPSA) is 105 Å². The molecule has 2 aliphatic heterocycles. The number of hydrogen-bond acceptors (Lipinski definition) is 6. The highest BCUT2D eigenvalue weighted by molar-refractivity contribution is 9.11. The number of alkyl halides is 3. The van der Waals surface area contributed by atoms with E-state index in [0.717, 1.165) is 29.7 Å². The molecular weight excluding hydrogens is 469 g/mol. The summed E-state index contributed by atoms with van der Waals surface area (Å²) >= 11 is 4.81. The zero-order chi connectivity index (χ0) is 20.9. The van der Waals surface area contributed by atoms with E-state index < -0.39 is 12.1 Å². The second kappa shape index (κ2) is 9.23. The van der Waals surface area contributed by atoms with Gasteiger partial charge in [-0.1, -0.05) is 0 Å². The van der Waals surface area contributed by atoms with Crippen molar-refractivity contribution in [3.05, 3.63) is 20.8 Å². The average Bonchev–Trinajstić information content (AvgIpc) is 3.18. The zero-order valence-electron chi connectivity index (χ0n) is 14.5. The van der Waals surface area contributed by atoms with Crippen LogP contribution in [0.3, 0.4) is 0 Å². The Hall–Kier alpha value is -1.66. The predicted molar refractivity (Wildman–Crippen MR) is 97.1 cm³/mol. The normalized spacial score (nSPS) is 20.9. The van der Waals surface area contributed by atoms with Crippen LogP contribution in [0.5, 0.6) is 0 Å². The summed E-state index contributed by atoms with van der Waals surface area (Å²) in [5, 5.41) is 15.0. The van der Waals surface area contributed by atoms with Gasteiger partial charge in [0.2, 0.25) is 0 Å². The van der Waals surface area contributed by atoms with Gasteiger partial charge in [-0.3, -0.25) is 9.59 Å². The van der Waals surface area contributed by atoms with Gasteiger partial charge in [0.15, 0.2) is 0 Å². The molecule has 3 heterocycles. The zero-order valence-corrected chi connectivity index (χ0v) is 16.9. The number of halogens is 4. The summed E-state index contributed by atoms with van der Waals surface area (Å²) < 4.78 is 38.1. The Bertz CT molecular complexity index is 734. The highest BCUT2D eigenvalue weighted by Crippen LogP contribution is 2.41. The number of carboxylic acid groups (broad SMARTS) is 1. The molecule has 1 aromatic heterocycles. The largest absolute Gasteiger partial charge is 0.490 e. The maximum Gasteiger partial charge on any atom is 0.490 e. The molecule has 1 unspecified atom stereocenters. The number of thiophene rings is 1. The van der Waals surface area contributed by atoms with E-state index in [2.05, 4.69) is 26.6 Å². The molecule has 0 aromatic carbocycles. The Balaban J connectivity index is 0.000000345. The number of amides is 1. The lowest BCUT2D eigenvalue weighted by Crippen LogP contribution is -2.39. The number of esters is 1. The number of nitrogens with one attached hydrogen (secondary N) is 2. The van der Waals surface area contributed by atoms with Crippen LogP contribution < -0.4 is 10.6 Å². The second-order valence-corrected chi connectivity index (χ2v) is 8.70. The molecule has 0 aliphatic carbocycles. The fourth-order valence-corrected chi connectivity index (χ4v) is 4.14. The Morgan fingerprint density at radius 1 is 1.39 bits per heavy atom. The van der Waals surface area contributed by atoms with Crippen molar-refractivity contribution in [2.75, 3.05) is 19.6 Å². The molecule has 1 spiro atoms. The lowest BCUT2D eigenvalue weighted by atomic mass is 9.76. The van der Waals surface area contributed by atoms with Crippen LogP contribution in [0, 0.1) is 5.41 Å². The minimum absolute atomic E-state index is 0.0958. The average molecular weight is 487 g/mol. The fraction of sp³-hybridized carbons (Fsp3) is 0.562. The van der Waals surface area contributed by atoms with Crippen LogP contribution in [0.1, 0.15) is 29.6 Å². The summed E-state index contributed by atoms with van der Waals surface area (Å²) in [5.74, 6) is -2.98. The molecule has 7 nitrogen and oxygen atoms in total. The van der Waals surface area contributed by atoms with Crippen LogP contribution in [0.15, 0.2) is 15.2 Å². The first-order valence-corrected chi connectivity index (χ1v) is 9.95. The molecule has 1 amide bonds. The first-order chi connectivity index (χ1) is 13.0. The summed E-state index contributed by atoms with van der Waals surface area (Å²) in [7, 11) is 0. The maximum absolute atomic E-state index is 12.1. The summed E-state index contributed by atoms with van der Waals surface area (Å²) in [4.78, 5) is 33.0. The van der Waals surface area contributed by atoms with Crippen molar-refractivity contribution in [3.63, 3.8) is 0 Å². The van der Waals surface area contributed by atoms with Gasteiger partial charge in [0, 0.05) is 11.8 Å². The van der Waals surface area contributed by atoms with E-state index in [4.69, 9.17) is 14.6 Å². The smallest absolute Gasteiger partial charge is 0.475 e. The highest BCUT2D eigenvalue weighted by Gasteiger charge is 2.49. The first-order valence-electron chi connectivity index (χ1n) is 8.28. The predicted octanol–water partition coefficient (Wildman–Crippen LogP) is 2.56. The maximum atomic E-state index is 12.1. The summed E-state index contributed by atoms with van der Waals surface area (Å²) in [6, 6.07) is 1.79. The van der Waals surface area contributed by atoms with E-state index in [1.807, 2.05) is 0 Å². The molecule has 0 bridgehead atoms. The van der Waals surface area contributed by atoms with Crippen molar-refractivity contribution in [2.24, 2.45) is 5.41 Å². The quantitative estimate of drug-likeness (QED) is 0.567. The van der Waals surface area contributed by atoms with E-state index in [0.29, 0.717) is 18.5 Å². The van der Waals surface area contributed by atoms with Gasteiger partial charge in [0.1, 0.15) is 6.10 Å². The number of carboxylic acids is 1. The van der Waals surface area contributed by atoms with Crippen LogP contribution in [-0.4, -0.2) is 54.9 Å². The molecule has 156 valence electrons. The van der Waals surface area contributed by atoms with Crippen LogP contribution >= 0.6 is 27.3 Å². The lowest BCUT2D eigenvalue weighted by Gasteiger charge is -2.29. The van der Waals surface area contributed by atoms with Gasteiger partial charge in [-0.15, -0.1) is 11.3 Å². The number of carbonyl (C=O) groups excluding carboxylic acids is 2. The molecule has 1 atom stereocenters. The van der Waals surface area contributed by atoms with Crippen molar-refractivity contribution < 1.29 is 37.4 Å². The van der Waals surface area contributed by atoms with Gasteiger partial charge in [-0.25, -0.2) is 4.79 Å². The Morgan fingerprint density at radius 2 is 2.00 bits per heavy atom. The highest BCUT2D eigenvalue weighted by atomic mass is 79.9. The van der Waals surface area contributed by atoms with Gasteiger partial charge in [0.05, 0.1) is 21.3 Å².